The van der Waals surface area contributed by atoms with E-state index < -0.39 is 0 Å². The van der Waals surface area contributed by atoms with Crippen LogP contribution in [-0.2, 0) is 0 Å². The highest BCUT2D eigenvalue weighted by atomic mass is 16.3. The number of aliphatic hydroxyl groups is 1. The molecule has 0 unspecified atom stereocenters. The second-order valence-electron chi connectivity index (χ2n) is 4.93. The average molecular weight is 263 g/mol. The van der Waals surface area contributed by atoms with Crippen molar-refractivity contribution >= 4 is 17.4 Å². The Morgan fingerprint density at radius 3 is 2.26 bits per heavy atom. The first kappa shape index (κ1) is 13.7. The molecule has 0 spiro atoms. The molecule has 0 atom stereocenters. The Morgan fingerprint density at radius 2 is 1.68 bits per heavy atom. The van der Waals surface area contributed by atoms with Gasteiger partial charge in [-0.25, -0.2) is 4.79 Å². The summed E-state index contributed by atoms with van der Waals surface area (Å²) in [6.45, 7) is 0. The molecule has 1 aromatic rings. The normalized spacial score (nSPS) is 22.6. The number of rotatable bonds is 3. The maximum absolute atomic E-state index is 11.2. The Balaban J connectivity index is 1.86. The SMILES string of the molecule is CNC(=O)Nc1ccc(NC2CCC(O)CC2)cc1. The quantitative estimate of drug-likeness (QED) is 0.675. The van der Waals surface area contributed by atoms with Crippen molar-refractivity contribution in [1.29, 1.82) is 0 Å². The first-order chi connectivity index (χ1) is 9.17. The number of hydrogen-bond donors (Lipinski definition) is 4. The van der Waals surface area contributed by atoms with E-state index >= 15 is 0 Å². The predicted octanol–water partition coefficient (Wildman–Crippen LogP) is 2.15. The number of benzene rings is 1. The number of nitrogens with one attached hydrogen (secondary N) is 3. The van der Waals surface area contributed by atoms with Crippen molar-refractivity contribution in [1.82, 2.24) is 5.32 Å². The Hall–Kier alpha value is -1.75. The molecule has 0 aliphatic heterocycles. The number of anilines is 2. The molecule has 1 saturated carbocycles. The van der Waals surface area contributed by atoms with Crippen molar-refractivity contribution in [3.05, 3.63) is 24.3 Å². The van der Waals surface area contributed by atoms with E-state index in [-0.39, 0.29) is 12.1 Å². The van der Waals surface area contributed by atoms with Gasteiger partial charge in [-0.2, -0.15) is 0 Å². The number of aliphatic hydroxyl groups excluding tert-OH is 1. The van der Waals surface area contributed by atoms with Crippen molar-refractivity contribution in [2.45, 2.75) is 37.8 Å². The fourth-order valence-electron chi connectivity index (χ4n) is 2.30. The highest BCUT2D eigenvalue weighted by Crippen LogP contribution is 2.22. The molecule has 1 fully saturated rings. The Morgan fingerprint density at radius 1 is 1.11 bits per heavy atom. The molecule has 5 heteroatoms. The zero-order valence-electron chi connectivity index (χ0n) is 11.1. The molecule has 2 rings (SSSR count). The van der Waals surface area contributed by atoms with Gasteiger partial charge in [-0.1, -0.05) is 0 Å². The van der Waals surface area contributed by atoms with Crippen molar-refractivity contribution in [2.24, 2.45) is 0 Å². The van der Waals surface area contributed by atoms with Gasteiger partial charge in [0, 0.05) is 24.5 Å². The summed E-state index contributed by atoms with van der Waals surface area (Å²) in [6.07, 6.45) is 3.61. The molecular weight excluding hydrogens is 242 g/mol. The second kappa shape index (κ2) is 6.43. The summed E-state index contributed by atoms with van der Waals surface area (Å²) in [5.41, 5.74) is 1.81. The smallest absolute Gasteiger partial charge is 0.318 e. The molecule has 19 heavy (non-hydrogen) atoms. The third kappa shape index (κ3) is 4.13. The summed E-state index contributed by atoms with van der Waals surface area (Å²) in [5, 5.41) is 18.1. The summed E-state index contributed by atoms with van der Waals surface area (Å²) in [6, 6.07) is 7.86. The summed E-state index contributed by atoms with van der Waals surface area (Å²) < 4.78 is 0. The lowest BCUT2D eigenvalue weighted by Gasteiger charge is -2.27. The van der Waals surface area contributed by atoms with Gasteiger partial charge in [0.05, 0.1) is 6.10 Å². The van der Waals surface area contributed by atoms with Crippen molar-refractivity contribution in [2.75, 3.05) is 17.7 Å². The van der Waals surface area contributed by atoms with E-state index in [1.165, 1.54) is 0 Å². The third-order valence-electron chi connectivity index (χ3n) is 3.44. The van der Waals surface area contributed by atoms with Gasteiger partial charge in [0.1, 0.15) is 0 Å². The van der Waals surface area contributed by atoms with E-state index in [9.17, 15) is 9.90 Å². The number of carbonyl (C=O) groups excluding carboxylic acids is 1. The minimum Gasteiger partial charge on any atom is -0.393 e. The molecule has 1 aliphatic rings. The summed E-state index contributed by atoms with van der Waals surface area (Å²) in [5.74, 6) is 0. The average Bonchev–Trinajstić information content (AvgIpc) is 2.43. The van der Waals surface area contributed by atoms with Crippen LogP contribution in [0.5, 0.6) is 0 Å². The van der Waals surface area contributed by atoms with Crippen LogP contribution in [0.4, 0.5) is 16.2 Å². The highest BCUT2D eigenvalue weighted by Gasteiger charge is 2.18. The molecule has 0 radical (unpaired) electrons. The van der Waals surface area contributed by atoms with E-state index in [0.717, 1.165) is 37.1 Å². The number of urea groups is 1. The summed E-state index contributed by atoms with van der Waals surface area (Å²) in [4.78, 5) is 11.2. The van der Waals surface area contributed by atoms with E-state index in [1.54, 1.807) is 7.05 Å². The summed E-state index contributed by atoms with van der Waals surface area (Å²) >= 11 is 0. The maximum Gasteiger partial charge on any atom is 0.318 e. The molecule has 1 aliphatic carbocycles. The molecule has 4 N–H and O–H groups in total. The molecule has 1 aromatic carbocycles. The van der Waals surface area contributed by atoms with Gasteiger partial charge in [0.2, 0.25) is 0 Å². The van der Waals surface area contributed by atoms with Crippen LogP contribution in [0.1, 0.15) is 25.7 Å². The monoisotopic (exact) mass is 263 g/mol. The lowest BCUT2D eigenvalue weighted by Crippen LogP contribution is -2.28. The van der Waals surface area contributed by atoms with Crippen molar-refractivity contribution < 1.29 is 9.90 Å². The molecule has 0 saturated heterocycles. The van der Waals surface area contributed by atoms with Crippen molar-refractivity contribution in [3.63, 3.8) is 0 Å². The predicted molar refractivity (Wildman–Crippen MR) is 76.4 cm³/mol. The van der Waals surface area contributed by atoms with Crippen LogP contribution < -0.4 is 16.0 Å². The maximum atomic E-state index is 11.2. The molecule has 0 aromatic heterocycles. The number of hydrogen-bond acceptors (Lipinski definition) is 3. The third-order valence-corrected chi connectivity index (χ3v) is 3.44. The van der Waals surface area contributed by atoms with Gasteiger partial charge in [0.25, 0.3) is 0 Å². The van der Waals surface area contributed by atoms with E-state index in [2.05, 4.69) is 16.0 Å². The highest BCUT2D eigenvalue weighted by molar-refractivity contribution is 5.89. The number of amides is 2. The second-order valence-corrected chi connectivity index (χ2v) is 4.93. The van der Waals surface area contributed by atoms with Crippen LogP contribution in [0.15, 0.2) is 24.3 Å². The first-order valence-corrected chi connectivity index (χ1v) is 6.71. The fourth-order valence-corrected chi connectivity index (χ4v) is 2.30. The standard InChI is InChI=1S/C14H21N3O2/c1-15-14(19)17-12-4-2-10(3-5-12)16-11-6-8-13(18)9-7-11/h2-5,11,13,16,18H,6-9H2,1H3,(H2,15,17,19). The summed E-state index contributed by atoms with van der Waals surface area (Å²) in [7, 11) is 1.59. The van der Waals surface area contributed by atoms with Gasteiger partial charge < -0.3 is 21.1 Å². The van der Waals surface area contributed by atoms with Crippen LogP contribution in [0.3, 0.4) is 0 Å². The first-order valence-electron chi connectivity index (χ1n) is 6.71. The fraction of sp³-hybridized carbons (Fsp3) is 0.500. The molecule has 5 nitrogen and oxygen atoms in total. The van der Waals surface area contributed by atoms with Gasteiger partial charge in [-0.3, -0.25) is 0 Å². The van der Waals surface area contributed by atoms with Gasteiger partial charge in [-0.15, -0.1) is 0 Å². The van der Waals surface area contributed by atoms with Crippen molar-refractivity contribution in [3.8, 4) is 0 Å². The molecular formula is C14H21N3O2. The minimum absolute atomic E-state index is 0.128. The van der Waals surface area contributed by atoms with Crippen LogP contribution in [-0.4, -0.2) is 30.3 Å². The Kier molecular flexibility index (Phi) is 4.63. The molecule has 0 bridgehead atoms. The minimum atomic E-state index is -0.220. The van der Waals surface area contributed by atoms with Gasteiger partial charge >= 0.3 is 6.03 Å². The topological polar surface area (TPSA) is 73.4 Å². The Labute approximate surface area is 113 Å². The van der Waals surface area contributed by atoms with E-state index in [0.29, 0.717) is 6.04 Å². The van der Waals surface area contributed by atoms with Crippen LogP contribution >= 0.6 is 0 Å². The van der Waals surface area contributed by atoms with Crippen LogP contribution in [0.25, 0.3) is 0 Å². The lowest BCUT2D eigenvalue weighted by atomic mass is 9.93. The number of carbonyl (C=O) groups is 1. The van der Waals surface area contributed by atoms with Crippen LogP contribution in [0, 0.1) is 0 Å². The van der Waals surface area contributed by atoms with Gasteiger partial charge in [-0.05, 0) is 49.9 Å². The van der Waals surface area contributed by atoms with E-state index in [1.807, 2.05) is 24.3 Å². The molecule has 104 valence electrons. The lowest BCUT2D eigenvalue weighted by molar-refractivity contribution is 0.126. The molecule has 0 heterocycles. The van der Waals surface area contributed by atoms with Gasteiger partial charge in [0.15, 0.2) is 0 Å². The Bertz CT molecular complexity index is 411. The van der Waals surface area contributed by atoms with Crippen LogP contribution in [0.2, 0.25) is 0 Å². The zero-order valence-corrected chi connectivity index (χ0v) is 11.1. The largest absolute Gasteiger partial charge is 0.393 e. The molecule has 2 amide bonds. The zero-order chi connectivity index (χ0) is 13.7. The van der Waals surface area contributed by atoms with E-state index in [4.69, 9.17) is 0 Å².